The van der Waals surface area contributed by atoms with Gasteiger partial charge >= 0.3 is 5.97 Å². The van der Waals surface area contributed by atoms with Crippen LogP contribution in [-0.4, -0.2) is 13.1 Å². The Morgan fingerprint density at radius 3 is 2.41 bits per heavy atom. The van der Waals surface area contributed by atoms with E-state index in [1.54, 1.807) is 0 Å². The maximum atomic E-state index is 11.9. The Balaban J connectivity index is 2.08. The van der Waals surface area contributed by atoms with Crippen LogP contribution in [0.3, 0.4) is 0 Å². The molecule has 3 rings (SSSR count). The van der Waals surface area contributed by atoms with Crippen molar-refractivity contribution in [1.82, 2.24) is 0 Å². The van der Waals surface area contributed by atoms with Gasteiger partial charge in [-0.15, -0.1) is 0 Å². The van der Waals surface area contributed by atoms with Crippen molar-refractivity contribution in [2.75, 3.05) is 7.11 Å². The lowest BCUT2D eigenvalue weighted by Gasteiger charge is -2.24. The minimum Gasteiger partial charge on any atom is -0.469 e. The number of hydrogen-bond donors (Lipinski definition) is 0. The van der Waals surface area contributed by atoms with Crippen LogP contribution in [0.25, 0.3) is 10.8 Å². The lowest BCUT2D eigenvalue weighted by Crippen LogP contribution is -2.12. The van der Waals surface area contributed by atoms with E-state index in [0.29, 0.717) is 5.92 Å². The van der Waals surface area contributed by atoms with Crippen molar-refractivity contribution < 1.29 is 9.53 Å². The SMILES string of the molecule is COC(=O)C(C)c1ccc(C2CCCCC2)c2ccccc12. The van der Waals surface area contributed by atoms with Gasteiger partial charge in [0.1, 0.15) is 0 Å². The fourth-order valence-corrected chi connectivity index (χ4v) is 3.80. The number of carbonyl (C=O) groups is 1. The number of carbonyl (C=O) groups excluding carboxylic acids is 1. The molecule has 22 heavy (non-hydrogen) atoms. The second-order valence-electron chi connectivity index (χ2n) is 6.37. The van der Waals surface area contributed by atoms with Gasteiger partial charge in [0.05, 0.1) is 13.0 Å². The zero-order valence-electron chi connectivity index (χ0n) is 13.5. The molecule has 2 aromatic rings. The first-order chi connectivity index (χ1) is 10.7. The van der Waals surface area contributed by atoms with Gasteiger partial charge in [0.2, 0.25) is 0 Å². The van der Waals surface area contributed by atoms with Crippen LogP contribution in [0.15, 0.2) is 36.4 Å². The highest BCUT2D eigenvalue weighted by Gasteiger charge is 2.22. The maximum absolute atomic E-state index is 11.9. The lowest BCUT2D eigenvalue weighted by molar-refractivity contribution is -0.141. The maximum Gasteiger partial charge on any atom is 0.312 e. The highest BCUT2D eigenvalue weighted by Crippen LogP contribution is 2.38. The summed E-state index contributed by atoms with van der Waals surface area (Å²) >= 11 is 0. The van der Waals surface area contributed by atoms with Crippen molar-refractivity contribution in [2.24, 2.45) is 0 Å². The van der Waals surface area contributed by atoms with Gasteiger partial charge in [-0.25, -0.2) is 0 Å². The molecule has 0 aliphatic heterocycles. The molecule has 1 unspecified atom stereocenters. The van der Waals surface area contributed by atoms with Gasteiger partial charge in [0, 0.05) is 0 Å². The molecule has 0 heterocycles. The molecule has 1 atom stereocenters. The third-order valence-corrected chi connectivity index (χ3v) is 5.06. The summed E-state index contributed by atoms with van der Waals surface area (Å²) in [6, 6.07) is 12.9. The first-order valence-electron chi connectivity index (χ1n) is 8.31. The number of benzene rings is 2. The standard InChI is InChI=1S/C20H24O2/c1-14(20(21)22-2)16-12-13-17(15-8-4-3-5-9-15)19-11-7-6-10-18(16)19/h6-7,10-15H,3-5,8-9H2,1-2H3. The number of rotatable bonds is 3. The quantitative estimate of drug-likeness (QED) is 0.731. The van der Waals surface area contributed by atoms with Gasteiger partial charge in [-0.05, 0) is 47.6 Å². The predicted molar refractivity (Wildman–Crippen MR) is 90.2 cm³/mol. The van der Waals surface area contributed by atoms with E-state index in [4.69, 9.17) is 4.74 Å². The molecule has 2 heteroatoms. The largest absolute Gasteiger partial charge is 0.469 e. The van der Waals surface area contributed by atoms with Gasteiger partial charge in [-0.2, -0.15) is 0 Å². The Morgan fingerprint density at radius 1 is 1.05 bits per heavy atom. The summed E-state index contributed by atoms with van der Waals surface area (Å²) in [6.07, 6.45) is 6.61. The molecule has 2 aromatic carbocycles. The molecule has 0 aromatic heterocycles. The zero-order chi connectivity index (χ0) is 15.5. The van der Waals surface area contributed by atoms with Crippen LogP contribution in [0.5, 0.6) is 0 Å². The molecule has 0 radical (unpaired) electrons. The summed E-state index contributed by atoms with van der Waals surface area (Å²) in [5.74, 6) is 0.270. The van der Waals surface area contributed by atoms with Gasteiger partial charge < -0.3 is 4.74 Å². The highest BCUT2D eigenvalue weighted by atomic mass is 16.5. The van der Waals surface area contributed by atoms with Crippen molar-refractivity contribution in [3.05, 3.63) is 47.5 Å². The fourth-order valence-electron chi connectivity index (χ4n) is 3.80. The van der Waals surface area contributed by atoms with E-state index in [1.165, 1.54) is 55.5 Å². The van der Waals surface area contributed by atoms with E-state index >= 15 is 0 Å². The van der Waals surface area contributed by atoms with E-state index in [1.807, 2.05) is 6.92 Å². The van der Waals surface area contributed by atoms with E-state index in [-0.39, 0.29) is 11.9 Å². The van der Waals surface area contributed by atoms with E-state index in [2.05, 4.69) is 36.4 Å². The van der Waals surface area contributed by atoms with Gasteiger partial charge in [-0.1, -0.05) is 55.7 Å². The summed E-state index contributed by atoms with van der Waals surface area (Å²) in [7, 11) is 1.46. The average Bonchev–Trinajstić information content (AvgIpc) is 2.60. The van der Waals surface area contributed by atoms with Gasteiger partial charge in [0.25, 0.3) is 0 Å². The summed E-state index contributed by atoms with van der Waals surface area (Å²) in [6.45, 7) is 1.92. The molecule has 1 fully saturated rings. The molecule has 0 N–H and O–H groups in total. The van der Waals surface area contributed by atoms with Crippen LogP contribution in [0.4, 0.5) is 0 Å². The monoisotopic (exact) mass is 296 g/mol. The molecule has 1 aliphatic carbocycles. The van der Waals surface area contributed by atoms with Crippen LogP contribution >= 0.6 is 0 Å². The number of fused-ring (bicyclic) bond motifs is 1. The van der Waals surface area contributed by atoms with Crippen LogP contribution in [0.1, 0.15) is 62.0 Å². The van der Waals surface area contributed by atoms with Crippen LogP contribution in [0.2, 0.25) is 0 Å². The van der Waals surface area contributed by atoms with Crippen molar-refractivity contribution in [3.63, 3.8) is 0 Å². The Kier molecular flexibility index (Phi) is 4.47. The van der Waals surface area contributed by atoms with Crippen molar-refractivity contribution in [3.8, 4) is 0 Å². The number of hydrogen-bond acceptors (Lipinski definition) is 2. The molecule has 2 nitrogen and oxygen atoms in total. The minimum absolute atomic E-state index is 0.171. The molecule has 116 valence electrons. The van der Waals surface area contributed by atoms with Gasteiger partial charge in [0.15, 0.2) is 0 Å². The third-order valence-electron chi connectivity index (χ3n) is 5.06. The summed E-state index contributed by atoms with van der Waals surface area (Å²) in [5.41, 5.74) is 2.53. The number of methoxy groups -OCH3 is 1. The molecule has 0 amide bonds. The summed E-state index contributed by atoms with van der Waals surface area (Å²) in [5, 5.41) is 2.51. The lowest BCUT2D eigenvalue weighted by atomic mass is 9.80. The first kappa shape index (κ1) is 15.1. The van der Waals surface area contributed by atoms with Crippen LogP contribution in [0, 0.1) is 0 Å². The van der Waals surface area contributed by atoms with Crippen LogP contribution in [-0.2, 0) is 9.53 Å². The zero-order valence-corrected chi connectivity index (χ0v) is 13.5. The fraction of sp³-hybridized carbons (Fsp3) is 0.450. The Morgan fingerprint density at radius 2 is 1.73 bits per heavy atom. The van der Waals surface area contributed by atoms with Crippen molar-refractivity contribution in [1.29, 1.82) is 0 Å². The van der Waals surface area contributed by atoms with E-state index in [0.717, 1.165) is 5.56 Å². The number of esters is 1. The normalized spacial score (nSPS) is 17.4. The molecular weight excluding hydrogens is 272 g/mol. The third kappa shape index (κ3) is 2.75. The molecular formula is C20H24O2. The van der Waals surface area contributed by atoms with Gasteiger partial charge in [-0.3, -0.25) is 4.79 Å². The second-order valence-corrected chi connectivity index (χ2v) is 6.37. The minimum atomic E-state index is -0.227. The number of ether oxygens (including phenoxy) is 1. The Bertz CT molecular complexity index is 668. The Hall–Kier alpha value is -1.83. The molecule has 0 saturated heterocycles. The molecule has 1 saturated carbocycles. The summed E-state index contributed by atoms with van der Waals surface area (Å²) < 4.78 is 4.92. The smallest absolute Gasteiger partial charge is 0.312 e. The Labute approximate surface area is 132 Å². The molecule has 0 spiro atoms. The highest BCUT2D eigenvalue weighted by molar-refractivity contribution is 5.93. The van der Waals surface area contributed by atoms with Crippen molar-refractivity contribution >= 4 is 16.7 Å². The van der Waals surface area contributed by atoms with Crippen LogP contribution < -0.4 is 0 Å². The molecule has 0 bridgehead atoms. The average molecular weight is 296 g/mol. The van der Waals surface area contributed by atoms with E-state index in [9.17, 15) is 4.79 Å². The predicted octanol–water partition coefficient (Wildman–Crippen LogP) is 5.16. The first-order valence-corrected chi connectivity index (χ1v) is 8.31. The van der Waals surface area contributed by atoms with Crippen molar-refractivity contribution in [2.45, 2.75) is 50.9 Å². The summed E-state index contributed by atoms with van der Waals surface area (Å²) in [4.78, 5) is 11.9. The molecule has 1 aliphatic rings. The second kappa shape index (κ2) is 6.51. The topological polar surface area (TPSA) is 26.3 Å². The van der Waals surface area contributed by atoms with E-state index < -0.39 is 0 Å².